The Labute approximate surface area is 163 Å². The summed E-state index contributed by atoms with van der Waals surface area (Å²) in [7, 11) is 0. The molecule has 1 aromatic rings. The Balaban J connectivity index is 1.70. The summed E-state index contributed by atoms with van der Waals surface area (Å²) >= 11 is 0. The van der Waals surface area contributed by atoms with Crippen LogP contribution in [-0.2, 0) is 9.59 Å². The van der Waals surface area contributed by atoms with Crippen LogP contribution in [0.25, 0.3) is 0 Å². The highest BCUT2D eigenvalue weighted by atomic mass is 16.5. The predicted octanol–water partition coefficient (Wildman–Crippen LogP) is 3.57. The SMILES string of the molecule is Cc1cccc(C)c1OCCCC(=O)N1CCN(C(=O)CC(C)(C)C)CC1. The number of amides is 2. The first-order valence-corrected chi connectivity index (χ1v) is 9.92. The van der Waals surface area contributed by atoms with E-state index in [9.17, 15) is 9.59 Å². The zero-order valence-corrected chi connectivity index (χ0v) is 17.5. The van der Waals surface area contributed by atoms with Gasteiger partial charge in [-0.3, -0.25) is 9.59 Å². The minimum atomic E-state index is -0.000497. The molecule has 1 saturated heterocycles. The highest BCUT2D eigenvalue weighted by Gasteiger charge is 2.26. The molecule has 2 rings (SSSR count). The third-order valence-corrected chi connectivity index (χ3v) is 4.86. The van der Waals surface area contributed by atoms with E-state index in [1.807, 2.05) is 41.8 Å². The Hall–Kier alpha value is -2.04. The average Bonchev–Trinajstić information content (AvgIpc) is 2.59. The Morgan fingerprint density at radius 3 is 2.00 bits per heavy atom. The molecule has 1 aromatic carbocycles. The van der Waals surface area contributed by atoms with E-state index in [1.165, 1.54) is 0 Å². The van der Waals surface area contributed by atoms with Crippen LogP contribution in [0.5, 0.6) is 5.75 Å². The van der Waals surface area contributed by atoms with Crippen molar-refractivity contribution in [2.45, 2.75) is 53.9 Å². The number of aryl methyl sites for hydroxylation is 2. The number of ether oxygens (including phenoxy) is 1. The maximum Gasteiger partial charge on any atom is 0.223 e. The van der Waals surface area contributed by atoms with Gasteiger partial charge in [-0.25, -0.2) is 0 Å². The summed E-state index contributed by atoms with van der Waals surface area (Å²) in [5.74, 6) is 1.27. The van der Waals surface area contributed by atoms with Gasteiger partial charge in [0.15, 0.2) is 0 Å². The molecule has 0 radical (unpaired) electrons. The molecule has 0 aromatic heterocycles. The Kier molecular flexibility index (Phi) is 7.28. The fourth-order valence-electron chi connectivity index (χ4n) is 3.35. The van der Waals surface area contributed by atoms with Gasteiger partial charge in [0.25, 0.3) is 0 Å². The van der Waals surface area contributed by atoms with Crippen molar-refractivity contribution in [2.24, 2.45) is 5.41 Å². The largest absolute Gasteiger partial charge is 0.493 e. The standard InChI is InChI=1S/C22H34N2O3/c1-17-8-6-9-18(2)21(17)27-15-7-10-19(25)23-11-13-24(14-12-23)20(26)16-22(3,4)5/h6,8-9H,7,10-16H2,1-5H3. The molecule has 0 saturated carbocycles. The lowest BCUT2D eigenvalue weighted by Crippen LogP contribution is -2.51. The van der Waals surface area contributed by atoms with Crippen LogP contribution in [0.2, 0.25) is 0 Å². The average molecular weight is 375 g/mol. The summed E-state index contributed by atoms with van der Waals surface area (Å²) in [6.07, 6.45) is 1.74. The summed E-state index contributed by atoms with van der Waals surface area (Å²) in [4.78, 5) is 28.5. The number of benzene rings is 1. The first-order chi connectivity index (χ1) is 12.7. The van der Waals surface area contributed by atoms with E-state index in [0.29, 0.717) is 52.0 Å². The molecule has 1 heterocycles. The number of rotatable bonds is 6. The van der Waals surface area contributed by atoms with E-state index >= 15 is 0 Å². The summed E-state index contributed by atoms with van der Waals surface area (Å²) in [6, 6.07) is 6.09. The summed E-state index contributed by atoms with van der Waals surface area (Å²) in [6.45, 7) is 13.4. The molecule has 0 atom stereocenters. The van der Waals surface area contributed by atoms with Crippen molar-refractivity contribution in [3.63, 3.8) is 0 Å². The smallest absolute Gasteiger partial charge is 0.223 e. The molecule has 1 aliphatic rings. The van der Waals surface area contributed by atoms with Crippen LogP contribution in [0, 0.1) is 19.3 Å². The van der Waals surface area contributed by atoms with Crippen molar-refractivity contribution in [1.82, 2.24) is 9.80 Å². The molecule has 1 aliphatic heterocycles. The number of hydrogen-bond acceptors (Lipinski definition) is 3. The van der Waals surface area contributed by atoms with Gasteiger partial charge in [0, 0.05) is 39.0 Å². The fourth-order valence-corrected chi connectivity index (χ4v) is 3.35. The molecule has 1 fully saturated rings. The number of nitrogens with zero attached hydrogens (tertiary/aromatic N) is 2. The third kappa shape index (κ3) is 6.56. The molecule has 0 N–H and O–H groups in total. The van der Waals surface area contributed by atoms with Crippen LogP contribution in [0.4, 0.5) is 0 Å². The lowest BCUT2D eigenvalue weighted by molar-refractivity contribution is -0.140. The maximum atomic E-state index is 12.4. The van der Waals surface area contributed by atoms with Crippen molar-refractivity contribution in [1.29, 1.82) is 0 Å². The van der Waals surface area contributed by atoms with Gasteiger partial charge in [-0.2, -0.15) is 0 Å². The summed E-state index contributed by atoms with van der Waals surface area (Å²) < 4.78 is 5.88. The molecular formula is C22H34N2O3. The number of piperazine rings is 1. The molecule has 0 aliphatic carbocycles. The normalized spacial score (nSPS) is 15.0. The van der Waals surface area contributed by atoms with Crippen molar-refractivity contribution in [3.05, 3.63) is 29.3 Å². The zero-order valence-electron chi connectivity index (χ0n) is 17.5. The van der Waals surface area contributed by atoms with E-state index in [1.54, 1.807) is 0 Å². The van der Waals surface area contributed by atoms with Crippen LogP contribution in [0.1, 0.15) is 51.2 Å². The van der Waals surface area contributed by atoms with Gasteiger partial charge in [-0.1, -0.05) is 39.0 Å². The van der Waals surface area contributed by atoms with Gasteiger partial charge in [-0.05, 0) is 36.8 Å². The highest BCUT2D eigenvalue weighted by molar-refractivity contribution is 5.78. The predicted molar refractivity (Wildman–Crippen MR) is 108 cm³/mol. The second-order valence-electron chi connectivity index (χ2n) is 8.67. The first-order valence-electron chi connectivity index (χ1n) is 9.92. The molecule has 0 bridgehead atoms. The molecule has 2 amide bonds. The van der Waals surface area contributed by atoms with Gasteiger partial charge in [0.05, 0.1) is 6.61 Å². The molecule has 5 heteroatoms. The Morgan fingerprint density at radius 1 is 0.963 bits per heavy atom. The molecule has 0 unspecified atom stereocenters. The molecule has 150 valence electrons. The van der Waals surface area contributed by atoms with Gasteiger partial charge in [0.1, 0.15) is 5.75 Å². The maximum absolute atomic E-state index is 12.4. The molecular weight excluding hydrogens is 340 g/mol. The summed E-state index contributed by atoms with van der Waals surface area (Å²) in [5, 5.41) is 0. The molecule has 27 heavy (non-hydrogen) atoms. The number of carbonyl (C=O) groups is 2. The summed E-state index contributed by atoms with van der Waals surface area (Å²) in [5.41, 5.74) is 2.24. The Bertz CT molecular complexity index is 636. The van der Waals surface area contributed by atoms with Crippen molar-refractivity contribution >= 4 is 11.8 Å². The molecule has 5 nitrogen and oxygen atoms in total. The lowest BCUT2D eigenvalue weighted by Gasteiger charge is -2.36. The van der Waals surface area contributed by atoms with Crippen LogP contribution in [-0.4, -0.2) is 54.4 Å². The minimum absolute atomic E-state index is 0.000497. The van der Waals surface area contributed by atoms with E-state index in [2.05, 4.69) is 20.8 Å². The monoisotopic (exact) mass is 374 g/mol. The van der Waals surface area contributed by atoms with Crippen LogP contribution in [0.15, 0.2) is 18.2 Å². The van der Waals surface area contributed by atoms with Crippen molar-refractivity contribution in [2.75, 3.05) is 32.8 Å². The van der Waals surface area contributed by atoms with Crippen LogP contribution < -0.4 is 4.74 Å². The first kappa shape index (κ1) is 21.3. The lowest BCUT2D eigenvalue weighted by atomic mass is 9.91. The Morgan fingerprint density at radius 2 is 1.48 bits per heavy atom. The van der Waals surface area contributed by atoms with Crippen molar-refractivity contribution < 1.29 is 14.3 Å². The third-order valence-electron chi connectivity index (χ3n) is 4.86. The minimum Gasteiger partial charge on any atom is -0.493 e. The topological polar surface area (TPSA) is 49.9 Å². The highest BCUT2D eigenvalue weighted by Crippen LogP contribution is 2.23. The van der Waals surface area contributed by atoms with E-state index < -0.39 is 0 Å². The van der Waals surface area contributed by atoms with Crippen molar-refractivity contribution in [3.8, 4) is 5.75 Å². The number of carbonyl (C=O) groups excluding carboxylic acids is 2. The van der Waals surface area contributed by atoms with E-state index in [0.717, 1.165) is 16.9 Å². The van der Waals surface area contributed by atoms with E-state index in [4.69, 9.17) is 4.74 Å². The van der Waals surface area contributed by atoms with Gasteiger partial charge in [0.2, 0.25) is 11.8 Å². The fraction of sp³-hybridized carbons (Fsp3) is 0.636. The van der Waals surface area contributed by atoms with E-state index in [-0.39, 0.29) is 17.2 Å². The van der Waals surface area contributed by atoms with Gasteiger partial charge in [-0.15, -0.1) is 0 Å². The zero-order chi connectivity index (χ0) is 20.0. The number of hydrogen-bond donors (Lipinski definition) is 0. The number of para-hydroxylation sites is 1. The second kappa shape index (κ2) is 9.25. The van der Waals surface area contributed by atoms with Crippen LogP contribution >= 0.6 is 0 Å². The van der Waals surface area contributed by atoms with Gasteiger partial charge < -0.3 is 14.5 Å². The second-order valence-corrected chi connectivity index (χ2v) is 8.67. The molecule has 0 spiro atoms. The quantitative estimate of drug-likeness (QED) is 0.715. The van der Waals surface area contributed by atoms with Crippen LogP contribution in [0.3, 0.4) is 0 Å². The van der Waals surface area contributed by atoms with Gasteiger partial charge >= 0.3 is 0 Å².